The third-order valence-corrected chi connectivity index (χ3v) is 3.72. The predicted molar refractivity (Wildman–Crippen MR) is 82.6 cm³/mol. The molecule has 0 aliphatic carbocycles. The number of methoxy groups -OCH3 is 2. The van der Waals surface area contributed by atoms with Crippen LogP contribution in [-0.4, -0.2) is 40.5 Å². The maximum atomic E-state index is 5.55. The Balaban J connectivity index is 1.91. The van der Waals surface area contributed by atoms with Gasteiger partial charge in [-0.2, -0.15) is 0 Å². The Morgan fingerprint density at radius 1 is 1.20 bits per heavy atom. The van der Waals surface area contributed by atoms with Crippen molar-refractivity contribution < 1.29 is 9.47 Å². The molecule has 0 radical (unpaired) electrons. The van der Waals surface area contributed by atoms with E-state index in [1.54, 1.807) is 14.2 Å². The first kappa shape index (κ1) is 15.1. The average Bonchev–Trinajstić information content (AvgIpc) is 3.01. The third-order valence-electron chi connectivity index (χ3n) is 3.72. The third kappa shape index (κ3) is 4.12. The van der Waals surface area contributed by atoms with E-state index in [2.05, 4.69) is 28.4 Å². The summed E-state index contributed by atoms with van der Waals surface area (Å²) in [5.74, 6) is 0.989. The molecule has 4 nitrogen and oxygen atoms in total. The van der Waals surface area contributed by atoms with Gasteiger partial charge in [0.2, 0.25) is 0 Å². The summed E-state index contributed by atoms with van der Waals surface area (Å²) in [5.41, 5.74) is 2.50. The Morgan fingerprint density at radius 2 is 2.00 bits per heavy atom. The minimum atomic E-state index is 0.810. The Kier molecular flexibility index (Phi) is 6.15. The van der Waals surface area contributed by atoms with Gasteiger partial charge in [-0.1, -0.05) is 6.07 Å². The summed E-state index contributed by atoms with van der Waals surface area (Å²) in [4.78, 5) is 2.41. The Labute approximate surface area is 122 Å². The molecule has 2 rings (SSSR count). The van der Waals surface area contributed by atoms with Gasteiger partial charge in [-0.15, -0.1) is 0 Å². The van der Waals surface area contributed by atoms with Crippen molar-refractivity contribution in [3.8, 4) is 5.75 Å². The molecule has 112 valence electrons. The molecule has 20 heavy (non-hydrogen) atoms. The van der Waals surface area contributed by atoms with Crippen LogP contribution >= 0.6 is 0 Å². The van der Waals surface area contributed by atoms with Crippen LogP contribution < -0.4 is 15.0 Å². The second-order valence-corrected chi connectivity index (χ2v) is 5.22. The van der Waals surface area contributed by atoms with Crippen LogP contribution in [0.4, 0.5) is 5.69 Å². The molecule has 0 atom stereocenters. The first-order valence-corrected chi connectivity index (χ1v) is 7.46. The lowest BCUT2D eigenvalue weighted by molar-refractivity contribution is 0.194. The van der Waals surface area contributed by atoms with Gasteiger partial charge in [0.15, 0.2) is 0 Å². The van der Waals surface area contributed by atoms with Crippen molar-refractivity contribution in [3.63, 3.8) is 0 Å². The lowest BCUT2D eigenvalue weighted by Crippen LogP contribution is -2.19. The number of ether oxygens (including phenoxy) is 2. The fourth-order valence-corrected chi connectivity index (χ4v) is 2.63. The van der Waals surface area contributed by atoms with Gasteiger partial charge in [0.25, 0.3) is 0 Å². The lowest BCUT2D eigenvalue weighted by atomic mass is 10.1. The number of nitrogens with one attached hydrogen (secondary N) is 1. The maximum Gasteiger partial charge on any atom is 0.142 e. The van der Waals surface area contributed by atoms with Gasteiger partial charge < -0.3 is 19.7 Å². The smallest absolute Gasteiger partial charge is 0.142 e. The number of hydrogen-bond donors (Lipinski definition) is 1. The van der Waals surface area contributed by atoms with Crippen molar-refractivity contribution in [2.45, 2.75) is 25.8 Å². The summed E-state index contributed by atoms with van der Waals surface area (Å²) in [7, 11) is 3.49. The zero-order chi connectivity index (χ0) is 14.2. The second kappa shape index (κ2) is 8.12. The van der Waals surface area contributed by atoms with Gasteiger partial charge in [0, 0.05) is 33.4 Å². The van der Waals surface area contributed by atoms with Crippen LogP contribution in [-0.2, 0) is 11.3 Å². The maximum absolute atomic E-state index is 5.55. The van der Waals surface area contributed by atoms with Crippen molar-refractivity contribution in [3.05, 3.63) is 23.8 Å². The largest absolute Gasteiger partial charge is 0.495 e. The summed E-state index contributed by atoms with van der Waals surface area (Å²) < 4.78 is 10.6. The SMILES string of the molecule is COCCCNCc1ccc(N2CCCC2)c(OC)c1. The molecule has 1 heterocycles. The standard InChI is InChI=1S/C16H26N2O2/c1-19-11-5-8-17-13-14-6-7-15(16(12-14)20-2)18-9-3-4-10-18/h6-7,12,17H,3-5,8-11,13H2,1-2H3. The van der Waals surface area contributed by atoms with E-state index < -0.39 is 0 Å². The molecule has 1 saturated heterocycles. The molecule has 1 aromatic carbocycles. The number of nitrogens with zero attached hydrogens (tertiary/aromatic N) is 1. The Hall–Kier alpha value is -1.26. The summed E-state index contributed by atoms with van der Waals surface area (Å²) in [6, 6.07) is 6.53. The lowest BCUT2D eigenvalue weighted by Gasteiger charge is -2.21. The Morgan fingerprint density at radius 3 is 2.70 bits per heavy atom. The number of rotatable bonds is 8. The molecule has 1 N–H and O–H groups in total. The molecule has 1 fully saturated rings. The van der Waals surface area contributed by atoms with Crippen molar-refractivity contribution >= 4 is 5.69 Å². The van der Waals surface area contributed by atoms with E-state index in [0.717, 1.165) is 45.0 Å². The van der Waals surface area contributed by atoms with Crippen molar-refractivity contribution in [1.29, 1.82) is 0 Å². The highest BCUT2D eigenvalue weighted by Gasteiger charge is 2.16. The zero-order valence-corrected chi connectivity index (χ0v) is 12.7. The van der Waals surface area contributed by atoms with Gasteiger partial charge in [-0.25, -0.2) is 0 Å². The molecule has 0 saturated carbocycles. The average molecular weight is 278 g/mol. The number of anilines is 1. The monoisotopic (exact) mass is 278 g/mol. The predicted octanol–water partition coefficient (Wildman–Crippen LogP) is 2.42. The molecule has 0 spiro atoms. The second-order valence-electron chi connectivity index (χ2n) is 5.22. The van der Waals surface area contributed by atoms with E-state index >= 15 is 0 Å². The van der Waals surface area contributed by atoms with Crippen molar-refractivity contribution in [1.82, 2.24) is 5.32 Å². The normalized spacial score (nSPS) is 14.8. The zero-order valence-electron chi connectivity index (χ0n) is 12.7. The molecular weight excluding hydrogens is 252 g/mol. The summed E-state index contributed by atoms with van der Waals surface area (Å²) in [6.07, 6.45) is 3.61. The van der Waals surface area contributed by atoms with Crippen LogP contribution in [0, 0.1) is 0 Å². The highest BCUT2D eigenvalue weighted by Crippen LogP contribution is 2.31. The quantitative estimate of drug-likeness (QED) is 0.741. The van der Waals surface area contributed by atoms with Crippen LogP contribution in [0.2, 0.25) is 0 Å². The minimum Gasteiger partial charge on any atom is -0.495 e. The molecule has 1 aromatic rings. The van der Waals surface area contributed by atoms with E-state index in [1.165, 1.54) is 24.1 Å². The van der Waals surface area contributed by atoms with Gasteiger partial charge in [0.05, 0.1) is 12.8 Å². The van der Waals surface area contributed by atoms with Crippen molar-refractivity contribution in [2.24, 2.45) is 0 Å². The van der Waals surface area contributed by atoms with E-state index in [-0.39, 0.29) is 0 Å². The highest BCUT2D eigenvalue weighted by molar-refractivity contribution is 5.60. The van der Waals surface area contributed by atoms with E-state index in [1.807, 2.05) is 0 Å². The number of hydrogen-bond acceptors (Lipinski definition) is 4. The molecule has 0 unspecified atom stereocenters. The van der Waals surface area contributed by atoms with Crippen LogP contribution in [0.15, 0.2) is 18.2 Å². The molecular formula is C16H26N2O2. The van der Waals surface area contributed by atoms with Crippen LogP contribution in [0.5, 0.6) is 5.75 Å². The Bertz CT molecular complexity index is 403. The van der Waals surface area contributed by atoms with Gasteiger partial charge in [-0.05, 0) is 43.5 Å². The van der Waals surface area contributed by atoms with E-state index in [4.69, 9.17) is 9.47 Å². The summed E-state index contributed by atoms with van der Waals surface area (Å²) in [5, 5.41) is 3.43. The van der Waals surface area contributed by atoms with E-state index in [0.29, 0.717) is 0 Å². The molecule has 1 aliphatic rings. The van der Waals surface area contributed by atoms with Crippen LogP contribution in [0.1, 0.15) is 24.8 Å². The summed E-state index contributed by atoms with van der Waals surface area (Å²) in [6.45, 7) is 4.95. The molecule has 0 aromatic heterocycles. The number of benzene rings is 1. The molecule has 4 heteroatoms. The van der Waals surface area contributed by atoms with Crippen LogP contribution in [0.3, 0.4) is 0 Å². The van der Waals surface area contributed by atoms with Gasteiger partial charge >= 0.3 is 0 Å². The topological polar surface area (TPSA) is 33.7 Å². The first-order valence-electron chi connectivity index (χ1n) is 7.46. The molecule has 0 amide bonds. The van der Waals surface area contributed by atoms with E-state index in [9.17, 15) is 0 Å². The van der Waals surface area contributed by atoms with Crippen molar-refractivity contribution in [2.75, 3.05) is 45.4 Å². The summed E-state index contributed by atoms with van der Waals surface area (Å²) >= 11 is 0. The first-order chi connectivity index (χ1) is 9.85. The highest BCUT2D eigenvalue weighted by atomic mass is 16.5. The van der Waals surface area contributed by atoms with Gasteiger partial charge in [0.1, 0.15) is 5.75 Å². The van der Waals surface area contributed by atoms with Crippen LogP contribution in [0.25, 0.3) is 0 Å². The fourth-order valence-electron chi connectivity index (χ4n) is 2.63. The molecule has 0 bridgehead atoms. The fraction of sp³-hybridized carbons (Fsp3) is 0.625. The molecule has 1 aliphatic heterocycles. The van der Waals surface area contributed by atoms with Gasteiger partial charge in [-0.3, -0.25) is 0 Å². The minimum absolute atomic E-state index is 0.810.